The van der Waals surface area contributed by atoms with Crippen LogP contribution in [0.5, 0.6) is 0 Å². The van der Waals surface area contributed by atoms with Gasteiger partial charge in [-0.3, -0.25) is 4.79 Å². The minimum absolute atomic E-state index is 0.0271. The number of nitrogens with two attached hydrogens (primary N) is 1. The number of rotatable bonds is 1. The molecular formula is C13H24N2O2. The van der Waals surface area contributed by atoms with Gasteiger partial charge in [0.05, 0.1) is 25.2 Å². The van der Waals surface area contributed by atoms with Gasteiger partial charge in [0.1, 0.15) is 0 Å². The summed E-state index contributed by atoms with van der Waals surface area (Å²) in [6.07, 6.45) is 3.09. The van der Waals surface area contributed by atoms with Crippen LogP contribution in [-0.4, -0.2) is 42.6 Å². The molecule has 4 heteroatoms. The molecule has 1 aliphatic heterocycles. The third-order valence-electron chi connectivity index (χ3n) is 4.13. The summed E-state index contributed by atoms with van der Waals surface area (Å²) < 4.78 is 5.37. The third-order valence-corrected chi connectivity index (χ3v) is 4.13. The van der Waals surface area contributed by atoms with Gasteiger partial charge in [0.15, 0.2) is 0 Å². The monoisotopic (exact) mass is 240 g/mol. The molecule has 1 saturated carbocycles. The van der Waals surface area contributed by atoms with Gasteiger partial charge in [0, 0.05) is 12.6 Å². The van der Waals surface area contributed by atoms with E-state index in [1.165, 1.54) is 0 Å². The number of nitrogens with zero attached hydrogens (tertiary/aromatic N) is 1. The van der Waals surface area contributed by atoms with E-state index in [4.69, 9.17) is 10.5 Å². The number of carbonyl (C=O) groups excluding carboxylic acids is 1. The molecule has 0 spiro atoms. The second-order valence-electron chi connectivity index (χ2n) is 5.64. The molecule has 2 N–H and O–H groups in total. The molecule has 0 aromatic rings. The van der Waals surface area contributed by atoms with Gasteiger partial charge < -0.3 is 15.4 Å². The van der Waals surface area contributed by atoms with Crippen LogP contribution in [0.4, 0.5) is 0 Å². The molecular weight excluding hydrogens is 216 g/mol. The molecule has 1 heterocycles. The van der Waals surface area contributed by atoms with Crippen LogP contribution in [0, 0.1) is 11.8 Å². The Bertz CT molecular complexity index is 283. The molecule has 1 aliphatic carbocycles. The summed E-state index contributed by atoms with van der Waals surface area (Å²) in [6.45, 7) is 6.30. The van der Waals surface area contributed by atoms with E-state index in [1.807, 2.05) is 4.90 Å². The highest BCUT2D eigenvalue weighted by molar-refractivity contribution is 5.80. The predicted octanol–water partition coefficient (Wildman–Crippen LogP) is 0.997. The van der Waals surface area contributed by atoms with Crippen molar-refractivity contribution in [2.45, 2.75) is 45.2 Å². The maximum absolute atomic E-state index is 12.5. The highest BCUT2D eigenvalue weighted by Gasteiger charge is 2.36. The minimum Gasteiger partial charge on any atom is -0.377 e. The van der Waals surface area contributed by atoms with Crippen LogP contribution in [0.15, 0.2) is 0 Å². The Labute approximate surface area is 103 Å². The Morgan fingerprint density at radius 2 is 2.12 bits per heavy atom. The van der Waals surface area contributed by atoms with E-state index < -0.39 is 0 Å². The largest absolute Gasteiger partial charge is 0.377 e. The van der Waals surface area contributed by atoms with Crippen LogP contribution in [0.25, 0.3) is 0 Å². The van der Waals surface area contributed by atoms with Gasteiger partial charge in [-0.25, -0.2) is 0 Å². The maximum Gasteiger partial charge on any atom is 0.227 e. The Morgan fingerprint density at radius 1 is 1.35 bits per heavy atom. The van der Waals surface area contributed by atoms with Crippen LogP contribution in [-0.2, 0) is 9.53 Å². The van der Waals surface area contributed by atoms with Crippen LogP contribution in [0.2, 0.25) is 0 Å². The molecule has 4 atom stereocenters. The summed E-state index contributed by atoms with van der Waals surface area (Å²) in [4.78, 5) is 14.5. The van der Waals surface area contributed by atoms with Gasteiger partial charge >= 0.3 is 0 Å². The molecule has 1 amide bonds. The minimum atomic E-state index is 0.0271. The zero-order valence-electron chi connectivity index (χ0n) is 10.9. The number of amides is 1. The standard InChI is InChI=1S/C13H24N2O2/c1-9-3-4-12(14)11(7-9)13(16)15-5-6-17-8-10(15)2/h9-12H,3-8,14H2,1-2H3. The van der Waals surface area contributed by atoms with Crippen molar-refractivity contribution in [3.05, 3.63) is 0 Å². The molecule has 0 aromatic carbocycles. The molecule has 2 rings (SSSR count). The Hall–Kier alpha value is -0.610. The summed E-state index contributed by atoms with van der Waals surface area (Å²) in [5.41, 5.74) is 6.12. The van der Waals surface area contributed by atoms with Crippen molar-refractivity contribution in [2.24, 2.45) is 17.6 Å². The topological polar surface area (TPSA) is 55.6 Å². The van der Waals surface area contributed by atoms with E-state index in [0.717, 1.165) is 25.8 Å². The average molecular weight is 240 g/mol. The average Bonchev–Trinajstić information content (AvgIpc) is 2.32. The quantitative estimate of drug-likeness (QED) is 0.744. The van der Waals surface area contributed by atoms with Gasteiger partial charge in [-0.1, -0.05) is 6.92 Å². The predicted molar refractivity (Wildman–Crippen MR) is 66.5 cm³/mol. The second kappa shape index (κ2) is 5.36. The first-order valence-electron chi connectivity index (χ1n) is 6.73. The van der Waals surface area contributed by atoms with Crippen molar-refractivity contribution in [3.8, 4) is 0 Å². The lowest BCUT2D eigenvalue weighted by atomic mass is 9.78. The maximum atomic E-state index is 12.5. The van der Waals surface area contributed by atoms with E-state index in [9.17, 15) is 4.79 Å². The van der Waals surface area contributed by atoms with Crippen molar-refractivity contribution in [3.63, 3.8) is 0 Å². The zero-order chi connectivity index (χ0) is 12.4. The molecule has 0 radical (unpaired) electrons. The molecule has 98 valence electrons. The fourth-order valence-corrected chi connectivity index (χ4v) is 2.96. The highest BCUT2D eigenvalue weighted by atomic mass is 16.5. The zero-order valence-corrected chi connectivity index (χ0v) is 10.9. The van der Waals surface area contributed by atoms with Crippen molar-refractivity contribution >= 4 is 5.91 Å². The molecule has 17 heavy (non-hydrogen) atoms. The van der Waals surface area contributed by atoms with E-state index in [1.54, 1.807) is 0 Å². The van der Waals surface area contributed by atoms with Crippen LogP contribution in [0.3, 0.4) is 0 Å². The summed E-state index contributed by atoms with van der Waals surface area (Å²) in [7, 11) is 0. The molecule has 4 nitrogen and oxygen atoms in total. The molecule has 1 saturated heterocycles. The summed E-state index contributed by atoms with van der Waals surface area (Å²) >= 11 is 0. The Balaban J connectivity index is 2.02. The van der Waals surface area contributed by atoms with E-state index in [0.29, 0.717) is 19.1 Å². The van der Waals surface area contributed by atoms with Crippen molar-refractivity contribution in [2.75, 3.05) is 19.8 Å². The van der Waals surface area contributed by atoms with Crippen LogP contribution < -0.4 is 5.73 Å². The summed E-state index contributed by atoms with van der Waals surface area (Å²) in [6, 6.07) is 0.245. The number of ether oxygens (including phenoxy) is 1. The highest BCUT2D eigenvalue weighted by Crippen LogP contribution is 2.30. The third kappa shape index (κ3) is 2.80. The molecule has 0 bridgehead atoms. The van der Waals surface area contributed by atoms with Crippen LogP contribution in [0.1, 0.15) is 33.1 Å². The van der Waals surface area contributed by atoms with Gasteiger partial charge in [0.2, 0.25) is 5.91 Å². The van der Waals surface area contributed by atoms with Crippen molar-refractivity contribution in [1.82, 2.24) is 4.90 Å². The van der Waals surface area contributed by atoms with E-state index in [2.05, 4.69) is 13.8 Å². The van der Waals surface area contributed by atoms with Gasteiger partial charge in [-0.2, -0.15) is 0 Å². The van der Waals surface area contributed by atoms with Crippen LogP contribution >= 0.6 is 0 Å². The lowest BCUT2D eigenvalue weighted by Crippen LogP contribution is -2.53. The first-order valence-corrected chi connectivity index (χ1v) is 6.73. The fourth-order valence-electron chi connectivity index (χ4n) is 2.96. The first kappa shape index (κ1) is 12.8. The number of hydrogen-bond acceptors (Lipinski definition) is 3. The molecule has 2 aliphatic rings. The number of carbonyl (C=O) groups is 1. The lowest BCUT2D eigenvalue weighted by molar-refractivity contribution is -0.145. The van der Waals surface area contributed by atoms with Gasteiger partial charge in [-0.05, 0) is 32.1 Å². The SMILES string of the molecule is CC1CCC(N)C(C(=O)N2CCOCC2C)C1. The smallest absolute Gasteiger partial charge is 0.227 e. The summed E-state index contributed by atoms with van der Waals surface area (Å²) in [5, 5.41) is 0. The molecule has 2 fully saturated rings. The van der Waals surface area contributed by atoms with Crippen molar-refractivity contribution in [1.29, 1.82) is 0 Å². The lowest BCUT2D eigenvalue weighted by Gasteiger charge is -2.39. The van der Waals surface area contributed by atoms with E-state index >= 15 is 0 Å². The Morgan fingerprint density at radius 3 is 2.82 bits per heavy atom. The van der Waals surface area contributed by atoms with Crippen molar-refractivity contribution < 1.29 is 9.53 Å². The van der Waals surface area contributed by atoms with Gasteiger partial charge in [-0.15, -0.1) is 0 Å². The van der Waals surface area contributed by atoms with Gasteiger partial charge in [0.25, 0.3) is 0 Å². The molecule has 4 unspecified atom stereocenters. The fraction of sp³-hybridized carbons (Fsp3) is 0.923. The second-order valence-corrected chi connectivity index (χ2v) is 5.64. The first-order chi connectivity index (χ1) is 8.09. The Kier molecular flexibility index (Phi) is 4.05. The summed E-state index contributed by atoms with van der Waals surface area (Å²) in [5.74, 6) is 0.902. The normalized spacial score (nSPS) is 39.1. The number of hydrogen-bond donors (Lipinski definition) is 1. The number of morpholine rings is 1. The van der Waals surface area contributed by atoms with E-state index in [-0.39, 0.29) is 23.9 Å². The molecule has 0 aromatic heterocycles.